The summed E-state index contributed by atoms with van der Waals surface area (Å²) >= 11 is 0. The Balaban J connectivity index is 2.04. The molecule has 0 nitrogen and oxygen atoms in total. The van der Waals surface area contributed by atoms with E-state index in [1.54, 1.807) is 5.57 Å². The Bertz CT molecular complexity index is 449. The molecule has 0 radical (unpaired) electrons. The van der Waals surface area contributed by atoms with E-state index in [9.17, 15) is 0 Å². The summed E-state index contributed by atoms with van der Waals surface area (Å²) in [5, 5.41) is 0. The molecule has 20 heavy (non-hydrogen) atoms. The number of benzene rings is 1. The largest absolute Gasteiger partial charge is 0.0802 e. The number of rotatable bonds is 5. The number of hydrogen-bond acceptors (Lipinski definition) is 0. The van der Waals surface area contributed by atoms with Crippen molar-refractivity contribution in [2.45, 2.75) is 66.2 Å². The first kappa shape index (κ1) is 15.4. The van der Waals surface area contributed by atoms with E-state index in [2.05, 4.69) is 58.0 Å². The summed E-state index contributed by atoms with van der Waals surface area (Å²) in [6.07, 6.45) is 10.2. The average molecular weight is 270 g/mol. The molecule has 0 heteroatoms. The van der Waals surface area contributed by atoms with Crippen LogP contribution >= 0.6 is 0 Å². The third-order valence-electron chi connectivity index (χ3n) is 4.66. The van der Waals surface area contributed by atoms with Gasteiger partial charge in [0.25, 0.3) is 0 Å². The van der Waals surface area contributed by atoms with Crippen LogP contribution in [0.1, 0.15) is 70.9 Å². The maximum Gasteiger partial charge on any atom is -0.0228 e. The van der Waals surface area contributed by atoms with Crippen LogP contribution < -0.4 is 0 Å². The van der Waals surface area contributed by atoms with Gasteiger partial charge in [0.05, 0.1) is 0 Å². The van der Waals surface area contributed by atoms with Gasteiger partial charge in [0.2, 0.25) is 0 Å². The monoisotopic (exact) mass is 270 g/mol. The zero-order valence-electron chi connectivity index (χ0n) is 13.7. The maximum absolute atomic E-state index is 2.50. The lowest BCUT2D eigenvalue weighted by molar-refractivity contribution is 0.268. The van der Waals surface area contributed by atoms with Gasteiger partial charge in [-0.2, -0.15) is 0 Å². The SMILES string of the molecule is CCCC1(C)CC=C(c2ccc(CC(C)C)cc2)CC1. The van der Waals surface area contributed by atoms with Gasteiger partial charge < -0.3 is 0 Å². The van der Waals surface area contributed by atoms with Crippen molar-refractivity contribution in [1.82, 2.24) is 0 Å². The fourth-order valence-corrected chi connectivity index (χ4v) is 3.43. The molecule has 0 aromatic heterocycles. The topological polar surface area (TPSA) is 0 Å². The Morgan fingerprint density at radius 3 is 2.35 bits per heavy atom. The van der Waals surface area contributed by atoms with Crippen LogP contribution in [0.2, 0.25) is 0 Å². The first-order valence-electron chi connectivity index (χ1n) is 8.31. The first-order chi connectivity index (χ1) is 9.52. The summed E-state index contributed by atoms with van der Waals surface area (Å²) < 4.78 is 0. The highest BCUT2D eigenvalue weighted by Crippen LogP contribution is 2.41. The van der Waals surface area contributed by atoms with E-state index >= 15 is 0 Å². The van der Waals surface area contributed by atoms with Crippen LogP contribution in [0, 0.1) is 11.3 Å². The fraction of sp³-hybridized carbons (Fsp3) is 0.600. The molecule has 0 saturated heterocycles. The van der Waals surface area contributed by atoms with E-state index in [4.69, 9.17) is 0 Å². The summed E-state index contributed by atoms with van der Waals surface area (Å²) in [4.78, 5) is 0. The molecule has 0 bridgehead atoms. The number of allylic oxidation sites excluding steroid dienone is 2. The molecule has 1 aliphatic rings. The summed E-state index contributed by atoms with van der Waals surface area (Å²) in [6.45, 7) is 9.33. The van der Waals surface area contributed by atoms with Gasteiger partial charge in [0.15, 0.2) is 0 Å². The van der Waals surface area contributed by atoms with Gasteiger partial charge in [0, 0.05) is 0 Å². The van der Waals surface area contributed by atoms with Gasteiger partial charge >= 0.3 is 0 Å². The molecule has 0 saturated carbocycles. The van der Waals surface area contributed by atoms with Crippen LogP contribution in [0.25, 0.3) is 5.57 Å². The van der Waals surface area contributed by atoms with Crippen LogP contribution in [-0.4, -0.2) is 0 Å². The van der Waals surface area contributed by atoms with Crippen molar-refractivity contribution in [2.75, 3.05) is 0 Å². The highest BCUT2D eigenvalue weighted by molar-refractivity contribution is 5.66. The van der Waals surface area contributed by atoms with Crippen LogP contribution in [0.5, 0.6) is 0 Å². The zero-order valence-corrected chi connectivity index (χ0v) is 13.7. The molecule has 110 valence electrons. The lowest BCUT2D eigenvalue weighted by atomic mass is 9.73. The molecule has 1 aliphatic carbocycles. The van der Waals surface area contributed by atoms with Crippen molar-refractivity contribution >= 4 is 5.57 Å². The molecule has 0 heterocycles. The summed E-state index contributed by atoms with van der Waals surface area (Å²) in [6, 6.07) is 9.28. The van der Waals surface area contributed by atoms with E-state index in [0.29, 0.717) is 5.41 Å². The predicted octanol–water partition coefficient (Wildman–Crippen LogP) is 6.26. The minimum absolute atomic E-state index is 0.551. The minimum Gasteiger partial charge on any atom is -0.0802 e. The van der Waals surface area contributed by atoms with Crippen LogP contribution in [0.3, 0.4) is 0 Å². The molecule has 0 N–H and O–H groups in total. The molecular weight excluding hydrogens is 240 g/mol. The molecule has 1 aromatic rings. The van der Waals surface area contributed by atoms with E-state index in [1.807, 2.05) is 0 Å². The van der Waals surface area contributed by atoms with Gasteiger partial charge in [-0.05, 0) is 60.1 Å². The molecule has 0 amide bonds. The smallest absolute Gasteiger partial charge is 0.0228 e. The Labute approximate surface area is 125 Å². The fourth-order valence-electron chi connectivity index (χ4n) is 3.43. The van der Waals surface area contributed by atoms with Crippen molar-refractivity contribution in [3.05, 3.63) is 41.5 Å². The molecular formula is C20H30. The lowest BCUT2D eigenvalue weighted by Crippen LogP contribution is -2.18. The third kappa shape index (κ3) is 3.98. The van der Waals surface area contributed by atoms with Crippen molar-refractivity contribution in [1.29, 1.82) is 0 Å². The van der Waals surface area contributed by atoms with Crippen LogP contribution in [-0.2, 0) is 6.42 Å². The van der Waals surface area contributed by atoms with Gasteiger partial charge in [0.1, 0.15) is 0 Å². The van der Waals surface area contributed by atoms with Gasteiger partial charge in [-0.3, -0.25) is 0 Å². The van der Waals surface area contributed by atoms with E-state index in [-0.39, 0.29) is 0 Å². The van der Waals surface area contributed by atoms with Crippen molar-refractivity contribution < 1.29 is 0 Å². The molecule has 1 aromatic carbocycles. The van der Waals surface area contributed by atoms with Crippen molar-refractivity contribution in [2.24, 2.45) is 11.3 Å². The molecule has 0 aliphatic heterocycles. The second-order valence-electron chi connectivity index (χ2n) is 7.29. The van der Waals surface area contributed by atoms with E-state index < -0.39 is 0 Å². The summed E-state index contributed by atoms with van der Waals surface area (Å²) in [5.74, 6) is 0.740. The highest BCUT2D eigenvalue weighted by Gasteiger charge is 2.26. The van der Waals surface area contributed by atoms with Gasteiger partial charge in [-0.1, -0.05) is 64.5 Å². The molecule has 1 unspecified atom stereocenters. The second kappa shape index (κ2) is 6.61. The Morgan fingerprint density at radius 2 is 1.85 bits per heavy atom. The normalized spacial score (nSPS) is 22.9. The van der Waals surface area contributed by atoms with Crippen LogP contribution in [0.4, 0.5) is 0 Å². The number of hydrogen-bond donors (Lipinski definition) is 0. The Morgan fingerprint density at radius 1 is 1.15 bits per heavy atom. The average Bonchev–Trinajstić information content (AvgIpc) is 2.40. The zero-order chi connectivity index (χ0) is 14.6. The lowest BCUT2D eigenvalue weighted by Gasteiger charge is -2.32. The second-order valence-corrected chi connectivity index (χ2v) is 7.29. The Hall–Kier alpha value is -1.04. The minimum atomic E-state index is 0.551. The van der Waals surface area contributed by atoms with Gasteiger partial charge in [-0.25, -0.2) is 0 Å². The summed E-state index contributed by atoms with van der Waals surface area (Å²) in [7, 11) is 0. The van der Waals surface area contributed by atoms with Crippen molar-refractivity contribution in [3.8, 4) is 0 Å². The quantitative estimate of drug-likeness (QED) is 0.592. The maximum atomic E-state index is 2.50. The predicted molar refractivity (Wildman–Crippen MR) is 89.8 cm³/mol. The first-order valence-corrected chi connectivity index (χ1v) is 8.31. The molecule has 0 fully saturated rings. The Kier molecular flexibility index (Phi) is 5.07. The van der Waals surface area contributed by atoms with Gasteiger partial charge in [-0.15, -0.1) is 0 Å². The summed E-state index contributed by atoms with van der Waals surface area (Å²) in [5.41, 5.74) is 5.03. The van der Waals surface area contributed by atoms with E-state index in [0.717, 1.165) is 5.92 Å². The highest BCUT2D eigenvalue weighted by atomic mass is 14.3. The molecule has 1 atom stereocenters. The molecule has 0 spiro atoms. The van der Waals surface area contributed by atoms with Crippen molar-refractivity contribution in [3.63, 3.8) is 0 Å². The third-order valence-corrected chi connectivity index (χ3v) is 4.66. The molecule has 2 rings (SSSR count). The standard InChI is InChI=1S/C20H30/c1-5-12-20(4)13-10-19(11-14-20)18-8-6-17(7-9-18)15-16(2)3/h6-10,16H,5,11-15H2,1-4H3. The van der Waals surface area contributed by atoms with E-state index in [1.165, 1.54) is 49.7 Å². The van der Waals surface area contributed by atoms with Crippen LogP contribution in [0.15, 0.2) is 30.3 Å².